The third-order valence-electron chi connectivity index (χ3n) is 3.48. The zero-order chi connectivity index (χ0) is 16.9. The minimum absolute atomic E-state index is 0.0249. The van der Waals surface area contributed by atoms with Gasteiger partial charge >= 0.3 is 0 Å². The topological polar surface area (TPSA) is 42.4 Å². The number of thiazole rings is 1. The normalized spacial score (nSPS) is 10.6. The van der Waals surface area contributed by atoms with Crippen LogP contribution in [-0.2, 0) is 0 Å². The largest absolute Gasteiger partial charge is 0.492 e. The van der Waals surface area contributed by atoms with Crippen molar-refractivity contribution < 1.29 is 9.53 Å². The van der Waals surface area contributed by atoms with Crippen molar-refractivity contribution >= 4 is 28.6 Å². The Labute approximate surface area is 149 Å². The summed E-state index contributed by atoms with van der Waals surface area (Å²) in [5.74, 6) is 0.803. The van der Waals surface area contributed by atoms with Gasteiger partial charge < -0.3 is 9.64 Å². The van der Waals surface area contributed by atoms with E-state index >= 15 is 0 Å². The van der Waals surface area contributed by atoms with Crippen LogP contribution in [0, 0.1) is 6.92 Å². The highest BCUT2D eigenvalue weighted by Crippen LogP contribution is 2.29. The summed E-state index contributed by atoms with van der Waals surface area (Å²) in [6.45, 7) is 3.01. The Morgan fingerprint density at radius 2 is 2.17 bits per heavy atom. The van der Waals surface area contributed by atoms with Crippen LogP contribution in [0.2, 0.25) is 0 Å². The summed E-state index contributed by atoms with van der Waals surface area (Å²) in [6, 6.07) is 11.9. The third kappa shape index (κ3) is 4.01. The lowest BCUT2D eigenvalue weighted by atomic mass is 10.2. The van der Waals surface area contributed by atoms with Crippen LogP contribution < -0.4 is 4.74 Å². The minimum Gasteiger partial charge on any atom is -0.492 e. The first-order valence-electron chi connectivity index (χ1n) is 7.58. The Morgan fingerprint density at radius 1 is 1.29 bits per heavy atom. The molecule has 0 unspecified atom stereocenters. The molecule has 0 spiro atoms. The molecule has 0 aliphatic carbocycles. The fourth-order valence-electron chi connectivity index (χ4n) is 2.18. The van der Waals surface area contributed by atoms with Crippen LogP contribution >= 0.6 is 22.7 Å². The predicted molar refractivity (Wildman–Crippen MR) is 99.1 cm³/mol. The first-order valence-corrected chi connectivity index (χ1v) is 9.28. The molecule has 24 heavy (non-hydrogen) atoms. The average molecular weight is 358 g/mol. The zero-order valence-corrected chi connectivity index (χ0v) is 15.2. The molecule has 3 rings (SSSR count). The minimum atomic E-state index is -0.0249. The van der Waals surface area contributed by atoms with Crippen molar-refractivity contribution in [3.63, 3.8) is 0 Å². The zero-order valence-electron chi connectivity index (χ0n) is 13.6. The summed E-state index contributed by atoms with van der Waals surface area (Å²) in [7, 11) is 1.78. The van der Waals surface area contributed by atoms with Crippen molar-refractivity contribution in [1.82, 2.24) is 9.88 Å². The molecule has 0 radical (unpaired) electrons. The number of rotatable bonds is 6. The number of benzene rings is 1. The molecule has 2 heterocycles. The van der Waals surface area contributed by atoms with Crippen LogP contribution in [0.1, 0.15) is 15.2 Å². The van der Waals surface area contributed by atoms with E-state index < -0.39 is 0 Å². The van der Waals surface area contributed by atoms with E-state index in [0.717, 1.165) is 21.2 Å². The van der Waals surface area contributed by atoms with Crippen LogP contribution in [-0.4, -0.2) is 36.0 Å². The summed E-state index contributed by atoms with van der Waals surface area (Å²) < 4.78 is 5.70. The Morgan fingerprint density at radius 3 is 2.92 bits per heavy atom. The second-order valence-corrected chi connectivity index (χ2v) is 7.38. The van der Waals surface area contributed by atoms with Gasteiger partial charge in [-0.25, -0.2) is 4.98 Å². The number of likely N-dealkylation sites (N-methyl/N-ethyl adjacent to an activating group) is 1. The Balaban J connectivity index is 1.55. The molecule has 0 saturated heterocycles. The van der Waals surface area contributed by atoms with Crippen LogP contribution in [0.25, 0.3) is 9.88 Å². The van der Waals surface area contributed by atoms with Gasteiger partial charge in [0.1, 0.15) is 22.2 Å². The summed E-state index contributed by atoms with van der Waals surface area (Å²) >= 11 is 3.05. The summed E-state index contributed by atoms with van der Waals surface area (Å²) in [6.07, 6.45) is 1.65. The fraction of sp³-hybridized carbons (Fsp3) is 0.222. The van der Waals surface area contributed by atoms with Gasteiger partial charge in [-0.05, 0) is 36.1 Å². The van der Waals surface area contributed by atoms with Crippen LogP contribution in [0.15, 0.2) is 48.0 Å². The van der Waals surface area contributed by atoms with Crippen molar-refractivity contribution in [3.8, 4) is 15.6 Å². The smallest absolute Gasteiger partial charge is 0.265 e. The van der Waals surface area contributed by atoms with E-state index in [0.29, 0.717) is 18.0 Å². The van der Waals surface area contributed by atoms with E-state index in [-0.39, 0.29) is 5.91 Å². The van der Waals surface area contributed by atoms with Gasteiger partial charge in [0.2, 0.25) is 0 Å². The monoisotopic (exact) mass is 358 g/mol. The van der Waals surface area contributed by atoms with E-state index in [1.165, 1.54) is 11.3 Å². The summed E-state index contributed by atoms with van der Waals surface area (Å²) in [5, 5.41) is 2.89. The highest BCUT2D eigenvalue weighted by Gasteiger charge is 2.16. The van der Waals surface area contributed by atoms with Crippen molar-refractivity contribution in [2.45, 2.75) is 6.92 Å². The van der Waals surface area contributed by atoms with Gasteiger partial charge in [0.05, 0.1) is 17.6 Å². The third-order valence-corrected chi connectivity index (χ3v) is 5.50. The molecule has 4 nitrogen and oxygen atoms in total. The average Bonchev–Trinajstić information content (AvgIpc) is 3.25. The number of carbonyl (C=O) groups is 1. The Kier molecular flexibility index (Phi) is 5.27. The predicted octanol–water partition coefficient (Wildman–Crippen LogP) is 4.33. The van der Waals surface area contributed by atoms with E-state index in [2.05, 4.69) is 4.98 Å². The van der Waals surface area contributed by atoms with Crippen molar-refractivity contribution in [1.29, 1.82) is 0 Å². The van der Waals surface area contributed by atoms with Gasteiger partial charge in [0.25, 0.3) is 5.91 Å². The first-order chi connectivity index (χ1) is 11.6. The van der Waals surface area contributed by atoms with Crippen LogP contribution in [0.4, 0.5) is 0 Å². The number of amides is 1. The number of hydrogen-bond acceptors (Lipinski definition) is 5. The van der Waals surface area contributed by atoms with Gasteiger partial charge in [-0.15, -0.1) is 22.7 Å². The molecule has 6 heteroatoms. The number of hydrogen-bond donors (Lipinski definition) is 0. The molecule has 0 N–H and O–H groups in total. The molecule has 124 valence electrons. The van der Waals surface area contributed by atoms with Crippen molar-refractivity contribution in [2.24, 2.45) is 0 Å². The van der Waals surface area contributed by atoms with Crippen LogP contribution in [0.5, 0.6) is 5.75 Å². The first kappa shape index (κ1) is 16.7. The van der Waals surface area contributed by atoms with Crippen molar-refractivity contribution in [2.75, 3.05) is 20.2 Å². The van der Waals surface area contributed by atoms with Gasteiger partial charge in [0, 0.05) is 7.05 Å². The van der Waals surface area contributed by atoms with Gasteiger partial charge in [-0.2, -0.15) is 0 Å². The molecule has 1 amide bonds. The lowest BCUT2D eigenvalue weighted by molar-refractivity contribution is 0.0778. The fourth-order valence-corrected chi connectivity index (χ4v) is 3.90. The number of thiophene rings is 1. The molecule has 0 bridgehead atoms. The van der Waals surface area contributed by atoms with Crippen molar-refractivity contribution in [3.05, 3.63) is 58.4 Å². The standard InChI is InChI=1S/C18H18N2O2S2/c1-13-5-3-6-14(11-13)22-9-8-20(2)18(21)16-12-19-17(24-16)15-7-4-10-23-15/h3-7,10-12H,8-9H2,1-2H3. The summed E-state index contributed by atoms with van der Waals surface area (Å²) in [5.41, 5.74) is 1.16. The second-order valence-electron chi connectivity index (χ2n) is 5.40. The maximum Gasteiger partial charge on any atom is 0.265 e. The quantitative estimate of drug-likeness (QED) is 0.659. The highest BCUT2D eigenvalue weighted by atomic mass is 32.1. The maximum absolute atomic E-state index is 12.5. The lowest BCUT2D eigenvalue weighted by Crippen LogP contribution is -2.30. The SMILES string of the molecule is Cc1cccc(OCCN(C)C(=O)c2cnc(-c3cccs3)s2)c1. The molecular weight excluding hydrogens is 340 g/mol. The Hall–Kier alpha value is -2.18. The number of nitrogens with zero attached hydrogens (tertiary/aromatic N) is 2. The summed E-state index contributed by atoms with van der Waals surface area (Å²) in [4.78, 5) is 20.2. The molecule has 0 fully saturated rings. The maximum atomic E-state index is 12.5. The Bertz CT molecular complexity index is 812. The molecule has 3 aromatic rings. The number of aromatic nitrogens is 1. The molecule has 0 atom stereocenters. The van der Waals surface area contributed by atoms with Gasteiger partial charge in [0.15, 0.2) is 0 Å². The van der Waals surface area contributed by atoms with Gasteiger partial charge in [-0.3, -0.25) is 4.79 Å². The molecule has 0 aliphatic heterocycles. The van der Waals surface area contributed by atoms with E-state index in [1.54, 1.807) is 29.5 Å². The number of ether oxygens (including phenoxy) is 1. The number of aryl methyl sites for hydroxylation is 1. The number of carbonyl (C=O) groups excluding carboxylic acids is 1. The molecule has 2 aromatic heterocycles. The molecule has 0 aliphatic rings. The van der Waals surface area contributed by atoms with Gasteiger partial charge in [-0.1, -0.05) is 18.2 Å². The van der Waals surface area contributed by atoms with E-state index in [4.69, 9.17) is 4.74 Å². The lowest BCUT2D eigenvalue weighted by Gasteiger charge is -2.16. The van der Waals surface area contributed by atoms with E-state index in [9.17, 15) is 4.79 Å². The highest BCUT2D eigenvalue weighted by molar-refractivity contribution is 7.21. The molecule has 1 aromatic carbocycles. The van der Waals surface area contributed by atoms with Crippen LogP contribution in [0.3, 0.4) is 0 Å². The molecular formula is C18H18N2O2S2. The molecule has 0 saturated carbocycles. The second kappa shape index (κ2) is 7.59. The van der Waals surface area contributed by atoms with E-state index in [1.807, 2.05) is 48.7 Å².